The van der Waals surface area contributed by atoms with Crippen LogP contribution < -0.4 is 5.32 Å². The molecule has 0 fully saturated rings. The van der Waals surface area contributed by atoms with Crippen molar-refractivity contribution in [3.8, 4) is 0 Å². The zero-order valence-electron chi connectivity index (χ0n) is 9.45. The Hall–Kier alpha value is -1.84. The van der Waals surface area contributed by atoms with E-state index in [0.717, 1.165) is 6.42 Å². The van der Waals surface area contributed by atoms with Crippen molar-refractivity contribution in [1.82, 2.24) is 5.32 Å². The van der Waals surface area contributed by atoms with E-state index in [9.17, 15) is 9.59 Å². The molecule has 0 saturated heterocycles. The van der Waals surface area contributed by atoms with Gasteiger partial charge in [0, 0.05) is 12.1 Å². The summed E-state index contributed by atoms with van der Waals surface area (Å²) in [5.41, 5.74) is 0.982. The lowest BCUT2D eigenvalue weighted by molar-refractivity contribution is 0.0600. The summed E-state index contributed by atoms with van der Waals surface area (Å²) < 4.78 is 4.56. The molecular weight excluding hydrogens is 206 g/mol. The molecule has 0 atom stereocenters. The highest BCUT2D eigenvalue weighted by Gasteiger charge is 2.07. The summed E-state index contributed by atoms with van der Waals surface area (Å²) in [5.74, 6) is -0.529. The molecule has 16 heavy (non-hydrogen) atoms. The Labute approximate surface area is 94.6 Å². The molecule has 4 heteroatoms. The minimum Gasteiger partial charge on any atom is -0.465 e. The molecular formula is C12H15NO3. The lowest BCUT2D eigenvalue weighted by atomic mass is 10.1. The number of carbonyl (C=O) groups is 2. The van der Waals surface area contributed by atoms with Crippen LogP contribution in [0, 0.1) is 0 Å². The van der Waals surface area contributed by atoms with Gasteiger partial charge in [-0.05, 0) is 30.7 Å². The highest BCUT2D eigenvalue weighted by atomic mass is 16.5. The maximum Gasteiger partial charge on any atom is 0.337 e. The van der Waals surface area contributed by atoms with Gasteiger partial charge < -0.3 is 10.1 Å². The van der Waals surface area contributed by atoms with Crippen molar-refractivity contribution >= 4 is 11.9 Å². The van der Waals surface area contributed by atoms with Crippen LogP contribution in [0.1, 0.15) is 34.1 Å². The Morgan fingerprint density at radius 2 is 1.75 bits per heavy atom. The minimum atomic E-state index is -0.402. The van der Waals surface area contributed by atoms with Crippen LogP contribution in [-0.2, 0) is 4.74 Å². The lowest BCUT2D eigenvalue weighted by Crippen LogP contribution is -2.23. The van der Waals surface area contributed by atoms with Gasteiger partial charge in [-0.15, -0.1) is 0 Å². The molecule has 1 rings (SSSR count). The fourth-order valence-corrected chi connectivity index (χ4v) is 1.22. The second-order valence-corrected chi connectivity index (χ2v) is 3.32. The van der Waals surface area contributed by atoms with Crippen LogP contribution in [0.15, 0.2) is 24.3 Å². The average molecular weight is 221 g/mol. The Kier molecular flexibility index (Phi) is 4.51. The van der Waals surface area contributed by atoms with E-state index in [1.807, 2.05) is 6.92 Å². The summed E-state index contributed by atoms with van der Waals surface area (Å²) >= 11 is 0. The van der Waals surface area contributed by atoms with Crippen LogP contribution in [0.4, 0.5) is 0 Å². The molecule has 0 heterocycles. The largest absolute Gasteiger partial charge is 0.465 e. The van der Waals surface area contributed by atoms with Gasteiger partial charge in [-0.2, -0.15) is 0 Å². The van der Waals surface area contributed by atoms with Gasteiger partial charge in [0.1, 0.15) is 0 Å². The second kappa shape index (κ2) is 5.90. The van der Waals surface area contributed by atoms with Crippen molar-refractivity contribution in [3.63, 3.8) is 0 Å². The van der Waals surface area contributed by atoms with Crippen LogP contribution in [0.25, 0.3) is 0 Å². The molecule has 4 nitrogen and oxygen atoms in total. The number of carbonyl (C=O) groups excluding carboxylic acids is 2. The van der Waals surface area contributed by atoms with Crippen LogP contribution in [0.3, 0.4) is 0 Å². The number of rotatable bonds is 4. The van der Waals surface area contributed by atoms with E-state index in [1.54, 1.807) is 24.3 Å². The van der Waals surface area contributed by atoms with Crippen molar-refractivity contribution < 1.29 is 14.3 Å². The number of amides is 1. The normalized spacial score (nSPS) is 9.62. The smallest absolute Gasteiger partial charge is 0.337 e. The number of hydrogen-bond acceptors (Lipinski definition) is 3. The van der Waals surface area contributed by atoms with Gasteiger partial charge in [-0.25, -0.2) is 4.79 Å². The van der Waals surface area contributed by atoms with Crippen molar-refractivity contribution in [1.29, 1.82) is 0 Å². The molecule has 0 aliphatic heterocycles. The predicted molar refractivity (Wildman–Crippen MR) is 60.4 cm³/mol. The Bertz CT molecular complexity index is 370. The van der Waals surface area contributed by atoms with Crippen LogP contribution in [-0.4, -0.2) is 25.5 Å². The van der Waals surface area contributed by atoms with Gasteiger partial charge in [-0.1, -0.05) is 6.92 Å². The molecule has 0 bridgehead atoms. The Morgan fingerprint density at radius 1 is 1.19 bits per heavy atom. The third-order valence-electron chi connectivity index (χ3n) is 2.10. The van der Waals surface area contributed by atoms with Gasteiger partial charge in [0.25, 0.3) is 5.91 Å². The van der Waals surface area contributed by atoms with Gasteiger partial charge >= 0.3 is 5.97 Å². The quantitative estimate of drug-likeness (QED) is 0.786. The van der Waals surface area contributed by atoms with E-state index < -0.39 is 5.97 Å². The number of nitrogens with one attached hydrogen (secondary N) is 1. The number of hydrogen-bond donors (Lipinski definition) is 1. The first-order valence-corrected chi connectivity index (χ1v) is 5.15. The monoisotopic (exact) mass is 221 g/mol. The third-order valence-corrected chi connectivity index (χ3v) is 2.10. The topological polar surface area (TPSA) is 55.4 Å². The minimum absolute atomic E-state index is 0.127. The maximum atomic E-state index is 11.5. The highest BCUT2D eigenvalue weighted by molar-refractivity contribution is 5.96. The van der Waals surface area contributed by atoms with E-state index in [2.05, 4.69) is 10.1 Å². The Morgan fingerprint density at radius 3 is 2.25 bits per heavy atom. The van der Waals surface area contributed by atoms with E-state index in [1.165, 1.54) is 7.11 Å². The van der Waals surface area contributed by atoms with E-state index in [4.69, 9.17) is 0 Å². The number of benzene rings is 1. The molecule has 0 unspecified atom stereocenters. The van der Waals surface area contributed by atoms with Crippen molar-refractivity contribution in [2.45, 2.75) is 13.3 Å². The maximum absolute atomic E-state index is 11.5. The fourth-order valence-electron chi connectivity index (χ4n) is 1.22. The molecule has 1 N–H and O–H groups in total. The summed E-state index contributed by atoms with van der Waals surface area (Å²) in [4.78, 5) is 22.7. The zero-order chi connectivity index (χ0) is 12.0. The number of ether oxygens (including phenoxy) is 1. The second-order valence-electron chi connectivity index (χ2n) is 3.32. The first kappa shape index (κ1) is 12.2. The summed E-state index contributed by atoms with van der Waals surface area (Å²) in [6.45, 7) is 2.64. The first-order chi connectivity index (χ1) is 7.69. The lowest BCUT2D eigenvalue weighted by Gasteiger charge is -2.04. The zero-order valence-corrected chi connectivity index (χ0v) is 9.45. The number of esters is 1. The van der Waals surface area contributed by atoms with Crippen molar-refractivity contribution in [3.05, 3.63) is 35.4 Å². The molecule has 86 valence electrons. The molecule has 0 radical (unpaired) electrons. The van der Waals surface area contributed by atoms with Gasteiger partial charge in [0.2, 0.25) is 0 Å². The SMILES string of the molecule is CCCNC(=O)c1ccc(C(=O)OC)cc1. The molecule has 0 aliphatic carbocycles. The van der Waals surface area contributed by atoms with Crippen molar-refractivity contribution in [2.24, 2.45) is 0 Å². The van der Waals surface area contributed by atoms with Crippen LogP contribution in [0.2, 0.25) is 0 Å². The highest BCUT2D eigenvalue weighted by Crippen LogP contribution is 2.05. The fraction of sp³-hybridized carbons (Fsp3) is 0.333. The standard InChI is InChI=1S/C12H15NO3/c1-3-8-13-11(14)9-4-6-10(7-5-9)12(15)16-2/h4-7H,3,8H2,1-2H3,(H,13,14). The van der Waals surface area contributed by atoms with Crippen LogP contribution >= 0.6 is 0 Å². The van der Waals surface area contributed by atoms with Gasteiger partial charge in [0.15, 0.2) is 0 Å². The molecule has 0 saturated carbocycles. The van der Waals surface area contributed by atoms with E-state index in [0.29, 0.717) is 17.7 Å². The van der Waals surface area contributed by atoms with Crippen LogP contribution in [0.5, 0.6) is 0 Å². The molecule has 1 amide bonds. The van der Waals surface area contributed by atoms with E-state index in [-0.39, 0.29) is 5.91 Å². The first-order valence-electron chi connectivity index (χ1n) is 5.15. The third kappa shape index (κ3) is 3.08. The summed E-state index contributed by atoms with van der Waals surface area (Å²) in [6.07, 6.45) is 0.895. The predicted octanol–water partition coefficient (Wildman–Crippen LogP) is 1.61. The molecule has 0 aromatic heterocycles. The Balaban J connectivity index is 2.71. The van der Waals surface area contributed by atoms with Gasteiger partial charge in [0.05, 0.1) is 12.7 Å². The van der Waals surface area contributed by atoms with E-state index >= 15 is 0 Å². The number of methoxy groups -OCH3 is 1. The van der Waals surface area contributed by atoms with Crippen molar-refractivity contribution in [2.75, 3.05) is 13.7 Å². The molecule has 1 aromatic rings. The summed E-state index contributed by atoms with van der Waals surface area (Å²) in [5, 5.41) is 2.76. The molecule has 0 aliphatic rings. The summed E-state index contributed by atoms with van der Waals surface area (Å²) in [6, 6.07) is 6.37. The summed E-state index contributed by atoms with van der Waals surface area (Å²) in [7, 11) is 1.32. The molecule has 0 spiro atoms. The molecule has 1 aromatic carbocycles. The average Bonchev–Trinajstić information content (AvgIpc) is 2.35. The van der Waals surface area contributed by atoms with Gasteiger partial charge in [-0.3, -0.25) is 4.79 Å².